The molecule has 76 valence electrons. The van der Waals surface area contributed by atoms with Gasteiger partial charge in [0.1, 0.15) is 6.04 Å². The quantitative estimate of drug-likeness (QED) is 0.650. The Balaban J connectivity index is 2.63. The third-order valence-corrected chi connectivity index (χ3v) is 1.55. The molecule has 0 aromatic carbocycles. The minimum Gasteiger partial charge on any atom is -0.480 e. The average molecular weight is 198 g/mol. The zero-order valence-corrected chi connectivity index (χ0v) is 7.76. The van der Waals surface area contributed by atoms with Gasteiger partial charge in [0.2, 0.25) is 0 Å². The van der Waals surface area contributed by atoms with E-state index in [-0.39, 0.29) is 5.69 Å². The van der Waals surface area contributed by atoms with E-state index in [0.717, 1.165) is 0 Å². The Hall–Kier alpha value is -1.92. The lowest BCUT2D eigenvalue weighted by Crippen LogP contribution is -2.38. The molecule has 14 heavy (non-hydrogen) atoms. The largest absolute Gasteiger partial charge is 0.480 e. The lowest BCUT2D eigenvalue weighted by molar-refractivity contribution is -0.138. The van der Waals surface area contributed by atoms with E-state index in [1.54, 1.807) is 7.05 Å². The summed E-state index contributed by atoms with van der Waals surface area (Å²) in [5.41, 5.74) is 0.0978. The summed E-state index contributed by atoms with van der Waals surface area (Å²) in [6.07, 6.45) is 1.27. The van der Waals surface area contributed by atoms with Crippen LogP contribution in [0.3, 0.4) is 0 Å². The predicted octanol–water partition coefficient (Wildman–Crippen LogP) is -0.982. The molecule has 1 aromatic rings. The van der Waals surface area contributed by atoms with Crippen molar-refractivity contribution in [3.05, 3.63) is 11.9 Å². The second-order valence-corrected chi connectivity index (χ2v) is 2.75. The summed E-state index contributed by atoms with van der Waals surface area (Å²) in [5.74, 6) is -1.64. The van der Waals surface area contributed by atoms with Crippen LogP contribution in [0.25, 0.3) is 0 Å². The SMILES string of the molecule is CC(NC(=O)c1cnn(C)n1)C(=O)O. The van der Waals surface area contributed by atoms with Crippen molar-refractivity contribution < 1.29 is 14.7 Å². The van der Waals surface area contributed by atoms with Gasteiger partial charge in [-0.3, -0.25) is 9.59 Å². The molecule has 1 amide bonds. The molecule has 0 fully saturated rings. The molecule has 1 atom stereocenters. The molecule has 1 heterocycles. The van der Waals surface area contributed by atoms with Crippen LogP contribution in [-0.2, 0) is 11.8 Å². The Morgan fingerprint density at radius 3 is 2.71 bits per heavy atom. The van der Waals surface area contributed by atoms with Gasteiger partial charge in [0.05, 0.1) is 6.20 Å². The molecule has 1 unspecified atom stereocenters. The van der Waals surface area contributed by atoms with E-state index in [1.165, 1.54) is 17.9 Å². The molecular formula is C7H10N4O3. The zero-order valence-electron chi connectivity index (χ0n) is 7.76. The number of carbonyl (C=O) groups is 2. The van der Waals surface area contributed by atoms with Gasteiger partial charge in [-0.15, -0.1) is 5.10 Å². The topological polar surface area (TPSA) is 97.1 Å². The molecule has 0 aliphatic heterocycles. The number of carboxylic acid groups (broad SMARTS) is 1. The van der Waals surface area contributed by atoms with Gasteiger partial charge in [0.25, 0.3) is 5.91 Å². The second kappa shape index (κ2) is 3.86. The molecule has 0 aliphatic carbocycles. The summed E-state index contributed by atoms with van der Waals surface area (Å²) in [5, 5.41) is 18.2. The van der Waals surface area contributed by atoms with Crippen molar-refractivity contribution >= 4 is 11.9 Å². The molecule has 1 aromatic heterocycles. The van der Waals surface area contributed by atoms with Crippen LogP contribution >= 0.6 is 0 Å². The van der Waals surface area contributed by atoms with Gasteiger partial charge in [-0.05, 0) is 6.92 Å². The van der Waals surface area contributed by atoms with Crippen molar-refractivity contribution in [1.29, 1.82) is 0 Å². The summed E-state index contributed by atoms with van der Waals surface area (Å²) in [6.45, 7) is 1.37. The number of rotatable bonds is 3. The van der Waals surface area contributed by atoms with Gasteiger partial charge in [-0.2, -0.15) is 9.90 Å². The van der Waals surface area contributed by atoms with Gasteiger partial charge in [0.15, 0.2) is 5.69 Å². The van der Waals surface area contributed by atoms with Gasteiger partial charge in [-0.25, -0.2) is 0 Å². The molecule has 7 nitrogen and oxygen atoms in total. The van der Waals surface area contributed by atoms with E-state index in [0.29, 0.717) is 0 Å². The number of aliphatic carboxylic acids is 1. The van der Waals surface area contributed by atoms with E-state index in [4.69, 9.17) is 5.11 Å². The lowest BCUT2D eigenvalue weighted by atomic mass is 10.3. The van der Waals surface area contributed by atoms with Crippen LogP contribution in [0.5, 0.6) is 0 Å². The van der Waals surface area contributed by atoms with Crippen molar-refractivity contribution in [3.63, 3.8) is 0 Å². The summed E-state index contributed by atoms with van der Waals surface area (Å²) in [7, 11) is 1.57. The van der Waals surface area contributed by atoms with E-state index < -0.39 is 17.9 Å². The highest BCUT2D eigenvalue weighted by Gasteiger charge is 2.16. The Labute approximate surface area is 79.7 Å². The number of aryl methyl sites for hydroxylation is 1. The minimum absolute atomic E-state index is 0.0978. The Kier molecular flexibility index (Phi) is 2.80. The summed E-state index contributed by atoms with van der Waals surface area (Å²) >= 11 is 0. The molecular weight excluding hydrogens is 188 g/mol. The van der Waals surface area contributed by atoms with Crippen LogP contribution < -0.4 is 5.32 Å². The first kappa shape index (κ1) is 10.2. The number of carboxylic acids is 1. The highest BCUT2D eigenvalue weighted by molar-refractivity contribution is 5.94. The number of carbonyl (C=O) groups excluding carboxylic acids is 1. The van der Waals surface area contributed by atoms with E-state index in [9.17, 15) is 9.59 Å². The third kappa shape index (κ3) is 2.28. The van der Waals surface area contributed by atoms with Crippen molar-refractivity contribution in [1.82, 2.24) is 20.3 Å². The first-order valence-electron chi connectivity index (χ1n) is 3.90. The lowest BCUT2D eigenvalue weighted by Gasteiger charge is -2.06. The van der Waals surface area contributed by atoms with Crippen molar-refractivity contribution in [3.8, 4) is 0 Å². The number of aromatic nitrogens is 3. The first-order chi connectivity index (χ1) is 6.50. The van der Waals surface area contributed by atoms with Crippen molar-refractivity contribution in [2.75, 3.05) is 0 Å². The third-order valence-electron chi connectivity index (χ3n) is 1.55. The number of hydrogen-bond donors (Lipinski definition) is 2. The van der Waals surface area contributed by atoms with E-state index in [2.05, 4.69) is 15.5 Å². The van der Waals surface area contributed by atoms with Crippen LogP contribution in [-0.4, -0.2) is 38.0 Å². The maximum absolute atomic E-state index is 11.3. The Morgan fingerprint density at radius 1 is 1.64 bits per heavy atom. The van der Waals surface area contributed by atoms with E-state index >= 15 is 0 Å². The standard InChI is InChI=1S/C7H10N4O3/c1-4(7(13)14)9-6(12)5-3-8-11(2)10-5/h3-4H,1-2H3,(H,9,12)(H,13,14). The van der Waals surface area contributed by atoms with Gasteiger partial charge in [0, 0.05) is 7.05 Å². The second-order valence-electron chi connectivity index (χ2n) is 2.75. The molecule has 0 radical (unpaired) electrons. The molecule has 0 bridgehead atoms. The molecule has 0 saturated heterocycles. The highest BCUT2D eigenvalue weighted by Crippen LogP contribution is 1.92. The summed E-state index contributed by atoms with van der Waals surface area (Å²) < 4.78 is 0. The fourth-order valence-electron chi connectivity index (χ4n) is 0.782. The number of nitrogens with zero attached hydrogens (tertiary/aromatic N) is 3. The monoisotopic (exact) mass is 198 g/mol. The van der Waals surface area contributed by atoms with E-state index in [1.807, 2.05) is 0 Å². The summed E-state index contributed by atoms with van der Waals surface area (Å²) in [6, 6.07) is -0.940. The predicted molar refractivity (Wildman–Crippen MR) is 45.6 cm³/mol. The number of nitrogens with one attached hydrogen (secondary N) is 1. The molecule has 0 aliphatic rings. The van der Waals surface area contributed by atoms with Crippen LogP contribution in [0.1, 0.15) is 17.4 Å². The van der Waals surface area contributed by atoms with Crippen LogP contribution in [0.2, 0.25) is 0 Å². The number of hydrogen-bond acceptors (Lipinski definition) is 4. The highest BCUT2D eigenvalue weighted by atomic mass is 16.4. The van der Waals surface area contributed by atoms with Crippen LogP contribution in [0.4, 0.5) is 0 Å². The molecule has 0 saturated carbocycles. The fraction of sp³-hybridized carbons (Fsp3) is 0.429. The van der Waals surface area contributed by atoms with Crippen molar-refractivity contribution in [2.45, 2.75) is 13.0 Å². The Bertz CT molecular complexity index is 360. The molecule has 7 heteroatoms. The molecule has 0 spiro atoms. The fourth-order valence-corrected chi connectivity index (χ4v) is 0.782. The minimum atomic E-state index is -1.10. The average Bonchev–Trinajstić information content (AvgIpc) is 2.51. The number of amides is 1. The first-order valence-corrected chi connectivity index (χ1v) is 3.90. The zero-order chi connectivity index (χ0) is 10.7. The Morgan fingerprint density at radius 2 is 2.29 bits per heavy atom. The summed E-state index contributed by atoms with van der Waals surface area (Å²) in [4.78, 5) is 22.9. The van der Waals surface area contributed by atoms with Crippen LogP contribution in [0.15, 0.2) is 6.20 Å². The van der Waals surface area contributed by atoms with Crippen molar-refractivity contribution in [2.24, 2.45) is 7.05 Å². The van der Waals surface area contributed by atoms with Crippen LogP contribution in [0, 0.1) is 0 Å². The maximum Gasteiger partial charge on any atom is 0.325 e. The molecule has 1 rings (SSSR count). The van der Waals surface area contributed by atoms with Gasteiger partial charge in [-0.1, -0.05) is 0 Å². The van der Waals surface area contributed by atoms with Gasteiger partial charge < -0.3 is 10.4 Å². The van der Waals surface area contributed by atoms with Gasteiger partial charge >= 0.3 is 5.97 Å². The normalized spacial score (nSPS) is 12.1. The molecule has 2 N–H and O–H groups in total. The smallest absolute Gasteiger partial charge is 0.325 e. The maximum atomic E-state index is 11.3.